The van der Waals surface area contributed by atoms with E-state index in [1.54, 1.807) is 6.92 Å². The zero-order valence-corrected chi connectivity index (χ0v) is 6.97. The Balaban J connectivity index is 3.02. The minimum atomic E-state index is -4.41. The fraction of sp³-hybridized carbons (Fsp3) is 0.375. The van der Waals surface area contributed by atoms with E-state index in [1.807, 2.05) is 0 Å². The van der Waals surface area contributed by atoms with E-state index in [4.69, 9.17) is 5.73 Å². The number of hydrogen-bond donors (Lipinski definition) is 1. The first-order valence-electron chi connectivity index (χ1n) is 3.65. The second-order valence-corrected chi connectivity index (χ2v) is 2.75. The van der Waals surface area contributed by atoms with E-state index >= 15 is 0 Å². The normalized spacial score (nSPS) is 14.2. The van der Waals surface area contributed by atoms with Crippen molar-refractivity contribution in [2.45, 2.75) is 19.1 Å². The van der Waals surface area contributed by atoms with Crippen LogP contribution in [0.25, 0.3) is 0 Å². The van der Waals surface area contributed by atoms with Gasteiger partial charge in [-0.2, -0.15) is 13.2 Å². The van der Waals surface area contributed by atoms with Gasteiger partial charge in [-0.25, -0.2) is 0 Å². The van der Waals surface area contributed by atoms with Crippen LogP contribution in [0.5, 0.6) is 0 Å². The summed E-state index contributed by atoms with van der Waals surface area (Å²) in [5.41, 5.74) is 5.53. The van der Waals surface area contributed by atoms with Gasteiger partial charge in [-0.05, 0) is 24.1 Å². The first-order chi connectivity index (χ1) is 5.93. The highest BCUT2D eigenvalue weighted by Crippen LogP contribution is 2.31. The molecule has 1 aromatic heterocycles. The Labute approximate surface area is 73.6 Å². The summed E-state index contributed by atoms with van der Waals surface area (Å²) in [4.78, 5) is 3.60. The lowest BCUT2D eigenvalue weighted by atomic mass is 10.0. The molecule has 0 radical (unpaired) electrons. The average molecular weight is 190 g/mol. The van der Waals surface area contributed by atoms with Crippen LogP contribution in [0.1, 0.15) is 17.2 Å². The molecule has 2 nitrogen and oxygen atoms in total. The Morgan fingerprint density at radius 1 is 1.46 bits per heavy atom. The van der Waals surface area contributed by atoms with Crippen molar-refractivity contribution in [1.29, 1.82) is 0 Å². The third-order valence-electron chi connectivity index (χ3n) is 1.77. The molecule has 1 atom stereocenters. The number of nitrogens with zero attached hydrogens (tertiary/aromatic N) is 1. The molecule has 0 aromatic carbocycles. The second kappa shape index (κ2) is 3.33. The summed E-state index contributed by atoms with van der Waals surface area (Å²) in [6, 6.07) is -0.442. The van der Waals surface area contributed by atoms with Gasteiger partial charge < -0.3 is 5.73 Å². The standard InChI is InChI=1S/C8H9F3N2/c1-5-2-3-13-4-6(5)7(12)8(9,10)11/h2-4,7H,12H2,1H3/t7-/m1/s1. The first kappa shape index (κ1) is 9.98. The van der Waals surface area contributed by atoms with Gasteiger partial charge in [0.1, 0.15) is 6.04 Å². The van der Waals surface area contributed by atoms with Gasteiger partial charge in [0.15, 0.2) is 0 Å². The fourth-order valence-electron chi connectivity index (χ4n) is 0.978. The Morgan fingerprint density at radius 2 is 2.08 bits per heavy atom. The Kier molecular flexibility index (Phi) is 2.56. The second-order valence-electron chi connectivity index (χ2n) is 2.75. The van der Waals surface area contributed by atoms with Gasteiger partial charge in [0, 0.05) is 12.4 Å². The summed E-state index contributed by atoms with van der Waals surface area (Å²) < 4.78 is 36.5. The van der Waals surface area contributed by atoms with Crippen LogP contribution >= 0.6 is 0 Å². The lowest BCUT2D eigenvalue weighted by Gasteiger charge is -2.16. The number of alkyl halides is 3. The molecule has 0 fully saturated rings. The van der Waals surface area contributed by atoms with Crippen LogP contribution < -0.4 is 5.73 Å². The predicted molar refractivity (Wildman–Crippen MR) is 42.0 cm³/mol. The van der Waals surface area contributed by atoms with Crippen molar-refractivity contribution in [1.82, 2.24) is 4.98 Å². The van der Waals surface area contributed by atoms with E-state index in [0.29, 0.717) is 5.56 Å². The maximum absolute atomic E-state index is 12.2. The van der Waals surface area contributed by atoms with Gasteiger partial charge in [-0.1, -0.05) is 0 Å². The van der Waals surface area contributed by atoms with E-state index in [0.717, 1.165) is 6.20 Å². The highest BCUT2D eigenvalue weighted by molar-refractivity contribution is 5.25. The monoisotopic (exact) mass is 190 g/mol. The van der Waals surface area contributed by atoms with Gasteiger partial charge >= 0.3 is 6.18 Å². The molecule has 72 valence electrons. The zero-order valence-electron chi connectivity index (χ0n) is 6.97. The van der Waals surface area contributed by atoms with Gasteiger partial charge in [0.05, 0.1) is 0 Å². The lowest BCUT2D eigenvalue weighted by Crippen LogP contribution is -2.29. The van der Waals surface area contributed by atoms with Crippen LogP contribution in [0, 0.1) is 6.92 Å². The van der Waals surface area contributed by atoms with Gasteiger partial charge in [0.25, 0.3) is 0 Å². The Bertz CT molecular complexity index is 296. The molecule has 0 saturated carbocycles. The number of nitrogens with two attached hydrogens (primary N) is 1. The molecule has 0 aliphatic rings. The van der Waals surface area contributed by atoms with E-state index in [9.17, 15) is 13.2 Å². The van der Waals surface area contributed by atoms with Crippen LogP contribution in [-0.4, -0.2) is 11.2 Å². The summed E-state index contributed by atoms with van der Waals surface area (Å²) >= 11 is 0. The van der Waals surface area contributed by atoms with Crippen LogP contribution in [0.3, 0.4) is 0 Å². The largest absolute Gasteiger partial charge is 0.407 e. The van der Waals surface area contributed by atoms with Crippen LogP contribution in [0.15, 0.2) is 18.5 Å². The molecule has 1 heterocycles. The topological polar surface area (TPSA) is 38.9 Å². The highest BCUT2D eigenvalue weighted by atomic mass is 19.4. The van der Waals surface area contributed by atoms with Crippen molar-refractivity contribution < 1.29 is 13.2 Å². The minimum Gasteiger partial charge on any atom is -0.316 e. The predicted octanol–water partition coefficient (Wildman–Crippen LogP) is 1.95. The van der Waals surface area contributed by atoms with Crippen molar-refractivity contribution in [2.75, 3.05) is 0 Å². The van der Waals surface area contributed by atoms with E-state index < -0.39 is 12.2 Å². The molecule has 2 N–H and O–H groups in total. The molecule has 0 aliphatic heterocycles. The number of aryl methyl sites for hydroxylation is 1. The van der Waals surface area contributed by atoms with Crippen LogP contribution in [0.4, 0.5) is 13.2 Å². The summed E-state index contributed by atoms with van der Waals surface area (Å²) in [7, 11) is 0. The smallest absolute Gasteiger partial charge is 0.316 e. The molecule has 13 heavy (non-hydrogen) atoms. The summed E-state index contributed by atoms with van der Waals surface area (Å²) in [5, 5.41) is 0. The number of aromatic nitrogens is 1. The van der Waals surface area contributed by atoms with Gasteiger partial charge in [-0.3, -0.25) is 4.98 Å². The van der Waals surface area contributed by atoms with Crippen molar-refractivity contribution in [3.05, 3.63) is 29.6 Å². The SMILES string of the molecule is Cc1ccncc1[C@@H](N)C(F)(F)F. The summed E-state index contributed by atoms with van der Waals surface area (Å²) in [6.07, 6.45) is -1.83. The minimum absolute atomic E-state index is 0.0231. The number of rotatable bonds is 1. The molecule has 0 bridgehead atoms. The van der Waals surface area contributed by atoms with E-state index in [1.165, 1.54) is 12.3 Å². The van der Waals surface area contributed by atoms with Crippen LogP contribution in [0.2, 0.25) is 0 Å². The maximum atomic E-state index is 12.2. The Hall–Kier alpha value is -1.10. The van der Waals surface area contributed by atoms with Crippen molar-refractivity contribution in [2.24, 2.45) is 5.73 Å². The lowest BCUT2D eigenvalue weighted by molar-refractivity contribution is -0.149. The van der Waals surface area contributed by atoms with Crippen molar-refractivity contribution in [3.63, 3.8) is 0 Å². The van der Waals surface area contributed by atoms with Crippen LogP contribution in [-0.2, 0) is 0 Å². The third kappa shape index (κ3) is 2.18. The molecular weight excluding hydrogens is 181 g/mol. The quantitative estimate of drug-likeness (QED) is 0.735. The number of hydrogen-bond acceptors (Lipinski definition) is 2. The molecule has 0 amide bonds. The molecule has 0 saturated heterocycles. The molecule has 5 heteroatoms. The molecule has 0 spiro atoms. The highest BCUT2D eigenvalue weighted by Gasteiger charge is 2.38. The Morgan fingerprint density at radius 3 is 2.54 bits per heavy atom. The average Bonchev–Trinajstić information content (AvgIpc) is 2.02. The fourth-order valence-corrected chi connectivity index (χ4v) is 0.978. The number of halogens is 3. The number of pyridine rings is 1. The molecule has 0 unspecified atom stereocenters. The van der Waals surface area contributed by atoms with Crippen molar-refractivity contribution >= 4 is 0 Å². The van der Waals surface area contributed by atoms with Gasteiger partial charge in [-0.15, -0.1) is 0 Å². The first-order valence-corrected chi connectivity index (χ1v) is 3.65. The van der Waals surface area contributed by atoms with E-state index in [-0.39, 0.29) is 5.56 Å². The third-order valence-corrected chi connectivity index (χ3v) is 1.77. The molecule has 1 rings (SSSR count). The summed E-state index contributed by atoms with van der Waals surface area (Å²) in [6.45, 7) is 1.57. The molecule has 1 aromatic rings. The van der Waals surface area contributed by atoms with Gasteiger partial charge in [0.2, 0.25) is 0 Å². The maximum Gasteiger partial charge on any atom is 0.407 e. The molecule has 0 aliphatic carbocycles. The summed E-state index contributed by atoms with van der Waals surface area (Å²) in [5.74, 6) is 0. The van der Waals surface area contributed by atoms with E-state index in [2.05, 4.69) is 4.98 Å². The molecular formula is C8H9F3N2. The van der Waals surface area contributed by atoms with Crippen molar-refractivity contribution in [3.8, 4) is 0 Å². The zero-order chi connectivity index (χ0) is 10.1.